The molecular weight excluding hydrogens is 247 g/mol. The third kappa shape index (κ3) is 2.20. The standard InChI is InChI=1S/C11H10Cl2N2O/c1-7-2-5-11(16)15(14-7)8-3-4-9(12)10(13)6-8/h3-4,6H,2,5H2,1H3. The molecule has 1 aliphatic rings. The predicted octanol–water partition coefficient (Wildman–Crippen LogP) is 3.50. The molecule has 0 N–H and O–H groups in total. The smallest absolute Gasteiger partial charge is 0.247 e. The highest BCUT2D eigenvalue weighted by atomic mass is 35.5. The second-order valence-electron chi connectivity index (χ2n) is 3.64. The molecule has 84 valence electrons. The van der Waals surface area contributed by atoms with E-state index in [4.69, 9.17) is 23.2 Å². The Morgan fingerprint density at radius 3 is 2.69 bits per heavy atom. The van der Waals surface area contributed by atoms with E-state index in [0.29, 0.717) is 22.2 Å². The summed E-state index contributed by atoms with van der Waals surface area (Å²) in [5.41, 5.74) is 1.59. The Hall–Kier alpha value is -1.06. The molecule has 2 rings (SSSR count). The third-order valence-corrected chi connectivity index (χ3v) is 3.09. The number of anilines is 1. The first-order valence-electron chi connectivity index (χ1n) is 4.90. The minimum atomic E-state index is -0.0241. The summed E-state index contributed by atoms with van der Waals surface area (Å²) in [6, 6.07) is 5.03. The van der Waals surface area contributed by atoms with E-state index in [9.17, 15) is 4.79 Å². The Bertz CT molecular complexity index is 471. The second-order valence-corrected chi connectivity index (χ2v) is 4.45. The molecule has 0 spiro atoms. The Morgan fingerprint density at radius 1 is 1.25 bits per heavy atom. The highest BCUT2D eigenvalue weighted by Crippen LogP contribution is 2.28. The first kappa shape index (κ1) is 11.4. The van der Waals surface area contributed by atoms with Gasteiger partial charge in [-0.1, -0.05) is 23.2 Å². The van der Waals surface area contributed by atoms with Gasteiger partial charge < -0.3 is 0 Å². The Labute approximate surface area is 104 Å². The Kier molecular flexibility index (Phi) is 3.17. The quantitative estimate of drug-likeness (QED) is 0.757. The van der Waals surface area contributed by atoms with E-state index in [-0.39, 0.29) is 5.91 Å². The summed E-state index contributed by atoms with van der Waals surface area (Å²) in [4.78, 5) is 11.7. The second kappa shape index (κ2) is 4.44. The Morgan fingerprint density at radius 2 is 2.00 bits per heavy atom. The SMILES string of the molecule is CC1=NN(c2ccc(Cl)c(Cl)c2)C(=O)CC1. The number of halogens is 2. The summed E-state index contributed by atoms with van der Waals surface area (Å²) in [6.45, 7) is 1.90. The van der Waals surface area contributed by atoms with Gasteiger partial charge in [-0.05, 0) is 31.5 Å². The molecule has 0 atom stereocenters. The van der Waals surface area contributed by atoms with Crippen molar-refractivity contribution in [2.75, 3.05) is 5.01 Å². The van der Waals surface area contributed by atoms with Gasteiger partial charge in [0.1, 0.15) is 0 Å². The van der Waals surface area contributed by atoms with Gasteiger partial charge in [0.25, 0.3) is 0 Å². The Balaban J connectivity index is 2.39. The van der Waals surface area contributed by atoms with Crippen LogP contribution in [0.5, 0.6) is 0 Å². The van der Waals surface area contributed by atoms with Crippen LogP contribution < -0.4 is 5.01 Å². The van der Waals surface area contributed by atoms with E-state index in [1.165, 1.54) is 5.01 Å². The van der Waals surface area contributed by atoms with Crippen molar-refractivity contribution in [3.63, 3.8) is 0 Å². The van der Waals surface area contributed by atoms with Crippen LogP contribution in [-0.4, -0.2) is 11.6 Å². The highest BCUT2D eigenvalue weighted by Gasteiger charge is 2.20. The molecule has 1 aliphatic heterocycles. The summed E-state index contributed by atoms with van der Waals surface area (Å²) in [7, 11) is 0. The van der Waals surface area contributed by atoms with E-state index in [0.717, 1.165) is 12.1 Å². The molecule has 0 radical (unpaired) electrons. The summed E-state index contributed by atoms with van der Waals surface area (Å²) in [5.74, 6) is -0.0241. The van der Waals surface area contributed by atoms with Gasteiger partial charge in [0.15, 0.2) is 0 Å². The molecule has 0 saturated carbocycles. The molecular formula is C11H10Cl2N2O. The minimum Gasteiger partial charge on any atom is -0.273 e. The molecule has 1 aromatic rings. The average Bonchev–Trinajstić information content (AvgIpc) is 2.26. The number of nitrogens with zero attached hydrogens (tertiary/aromatic N) is 2. The van der Waals surface area contributed by atoms with Crippen LogP contribution >= 0.6 is 23.2 Å². The fourth-order valence-corrected chi connectivity index (χ4v) is 1.78. The van der Waals surface area contributed by atoms with Crippen molar-refractivity contribution in [2.24, 2.45) is 5.10 Å². The fraction of sp³-hybridized carbons (Fsp3) is 0.273. The van der Waals surface area contributed by atoms with Crippen LogP contribution in [0.1, 0.15) is 19.8 Å². The van der Waals surface area contributed by atoms with E-state index in [2.05, 4.69) is 5.10 Å². The zero-order chi connectivity index (χ0) is 11.7. The van der Waals surface area contributed by atoms with E-state index in [1.807, 2.05) is 6.92 Å². The monoisotopic (exact) mass is 256 g/mol. The molecule has 3 nitrogen and oxygen atoms in total. The van der Waals surface area contributed by atoms with Gasteiger partial charge in [-0.25, -0.2) is 5.01 Å². The first-order valence-corrected chi connectivity index (χ1v) is 5.65. The van der Waals surface area contributed by atoms with Gasteiger partial charge in [-0.15, -0.1) is 0 Å². The number of hydrazone groups is 1. The van der Waals surface area contributed by atoms with Crippen LogP contribution in [0.4, 0.5) is 5.69 Å². The van der Waals surface area contributed by atoms with Crippen LogP contribution in [0, 0.1) is 0 Å². The number of amides is 1. The van der Waals surface area contributed by atoms with Gasteiger partial charge in [0.2, 0.25) is 5.91 Å². The summed E-state index contributed by atoms with van der Waals surface area (Å²) in [6.07, 6.45) is 1.20. The van der Waals surface area contributed by atoms with Crippen molar-refractivity contribution in [2.45, 2.75) is 19.8 Å². The minimum absolute atomic E-state index is 0.0241. The molecule has 0 unspecified atom stereocenters. The van der Waals surface area contributed by atoms with Gasteiger partial charge in [0.05, 0.1) is 15.7 Å². The maximum absolute atomic E-state index is 11.7. The number of hydrogen-bond acceptors (Lipinski definition) is 2. The molecule has 0 aromatic heterocycles. The third-order valence-electron chi connectivity index (χ3n) is 2.36. The van der Waals surface area contributed by atoms with Crippen molar-refractivity contribution in [1.29, 1.82) is 0 Å². The number of benzene rings is 1. The lowest BCUT2D eigenvalue weighted by atomic mass is 10.2. The molecule has 0 fully saturated rings. The largest absolute Gasteiger partial charge is 0.273 e. The lowest BCUT2D eigenvalue weighted by molar-refractivity contribution is -0.118. The maximum Gasteiger partial charge on any atom is 0.247 e. The van der Waals surface area contributed by atoms with E-state index in [1.54, 1.807) is 18.2 Å². The van der Waals surface area contributed by atoms with Crippen LogP contribution in [0.2, 0.25) is 10.0 Å². The first-order chi connectivity index (χ1) is 7.58. The van der Waals surface area contributed by atoms with Crippen molar-refractivity contribution in [3.8, 4) is 0 Å². The van der Waals surface area contributed by atoms with Crippen molar-refractivity contribution >= 4 is 40.5 Å². The van der Waals surface area contributed by atoms with Crippen molar-refractivity contribution < 1.29 is 4.79 Å². The normalized spacial score (nSPS) is 16.3. The lowest BCUT2D eigenvalue weighted by Gasteiger charge is -2.22. The zero-order valence-electron chi connectivity index (χ0n) is 8.70. The fourth-order valence-electron chi connectivity index (χ4n) is 1.49. The molecule has 0 bridgehead atoms. The van der Waals surface area contributed by atoms with E-state index < -0.39 is 0 Å². The number of hydrogen-bond donors (Lipinski definition) is 0. The van der Waals surface area contributed by atoms with Crippen LogP contribution in [0.25, 0.3) is 0 Å². The molecule has 0 aliphatic carbocycles. The summed E-state index contributed by atoms with van der Waals surface area (Å²) >= 11 is 11.7. The van der Waals surface area contributed by atoms with Crippen molar-refractivity contribution in [3.05, 3.63) is 28.2 Å². The number of carbonyl (C=O) groups excluding carboxylic acids is 1. The molecule has 1 aromatic carbocycles. The number of carbonyl (C=O) groups is 1. The van der Waals surface area contributed by atoms with Crippen LogP contribution in [0.3, 0.4) is 0 Å². The van der Waals surface area contributed by atoms with E-state index >= 15 is 0 Å². The molecule has 16 heavy (non-hydrogen) atoms. The van der Waals surface area contributed by atoms with Gasteiger partial charge >= 0.3 is 0 Å². The average molecular weight is 257 g/mol. The molecule has 1 heterocycles. The predicted molar refractivity (Wildman–Crippen MR) is 66.3 cm³/mol. The van der Waals surface area contributed by atoms with Crippen LogP contribution in [0.15, 0.2) is 23.3 Å². The summed E-state index contributed by atoms with van der Waals surface area (Å²) < 4.78 is 0. The molecule has 1 amide bonds. The zero-order valence-corrected chi connectivity index (χ0v) is 10.2. The molecule has 5 heteroatoms. The molecule has 0 saturated heterocycles. The number of rotatable bonds is 1. The van der Waals surface area contributed by atoms with Gasteiger partial charge in [0, 0.05) is 12.1 Å². The van der Waals surface area contributed by atoms with Crippen molar-refractivity contribution in [1.82, 2.24) is 0 Å². The summed E-state index contributed by atoms with van der Waals surface area (Å²) in [5, 5.41) is 6.47. The lowest BCUT2D eigenvalue weighted by Crippen LogP contribution is -2.30. The highest BCUT2D eigenvalue weighted by molar-refractivity contribution is 6.42. The maximum atomic E-state index is 11.7. The van der Waals surface area contributed by atoms with Gasteiger partial charge in [-0.2, -0.15) is 5.10 Å². The van der Waals surface area contributed by atoms with Crippen LogP contribution in [-0.2, 0) is 4.79 Å². The van der Waals surface area contributed by atoms with Gasteiger partial charge in [-0.3, -0.25) is 4.79 Å². The topological polar surface area (TPSA) is 32.7 Å².